The van der Waals surface area contributed by atoms with Crippen molar-refractivity contribution >= 4 is 23.0 Å². The molecular weight excluding hydrogens is 416 g/mol. The molecule has 2 aromatic carbocycles. The topological polar surface area (TPSA) is 89.1 Å². The summed E-state index contributed by atoms with van der Waals surface area (Å²) in [6, 6.07) is 12.3. The molecule has 1 aliphatic rings. The van der Waals surface area contributed by atoms with E-state index in [1.54, 1.807) is 12.4 Å². The largest absolute Gasteiger partial charge is 0.424 e. The monoisotopic (exact) mass is 444 g/mol. The molecule has 0 spiro atoms. The minimum absolute atomic E-state index is 0.00228. The second kappa shape index (κ2) is 8.69. The van der Waals surface area contributed by atoms with Gasteiger partial charge in [-0.2, -0.15) is 20.0 Å². The smallest absolute Gasteiger partial charge is 0.295 e. The number of hydrogen-bond donors (Lipinski definition) is 1. The number of likely N-dealkylation sites (tertiary alicyclic amines) is 1. The fourth-order valence-electron chi connectivity index (χ4n) is 4.61. The van der Waals surface area contributed by atoms with E-state index in [-0.39, 0.29) is 11.9 Å². The Morgan fingerprint density at radius 3 is 2.70 bits per heavy atom. The lowest BCUT2D eigenvalue weighted by Crippen LogP contribution is -2.51. The third kappa shape index (κ3) is 4.20. The number of aryl methyl sites for hydroxylation is 2. The Kier molecular flexibility index (Phi) is 5.58. The van der Waals surface area contributed by atoms with Gasteiger partial charge in [-0.3, -0.25) is 4.79 Å². The summed E-state index contributed by atoms with van der Waals surface area (Å²) in [5, 5.41) is 11.8. The predicted molar refractivity (Wildman–Crippen MR) is 127 cm³/mol. The van der Waals surface area contributed by atoms with Gasteiger partial charge in [0, 0.05) is 13.1 Å². The highest BCUT2D eigenvalue weighted by atomic mass is 16.4. The number of nitrogens with one attached hydrogen (secondary N) is 1. The van der Waals surface area contributed by atoms with E-state index in [0.717, 1.165) is 35.1 Å². The molecule has 0 radical (unpaired) electrons. The van der Waals surface area contributed by atoms with Crippen molar-refractivity contribution in [1.82, 2.24) is 24.9 Å². The van der Waals surface area contributed by atoms with Gasteiger partial charge in [0.15, 0.2) is 5.58 Å². The van der Waals surface area contributed by atoms with E-state index < -0.39 is 0 Å². The number of aromatic nitrogens is 4. The van der Waals surface area contributed by atoms with E-state index >= 15 is 0 Å². The molecule has 8 heteroatoms. The van der Waals surface area contributed by atoms with Crippen molar-refractivity contribution in [3.05, 3.63) is 65.5 Å². The van der Waals surface area contributed by atoms with Crippen molar-refractivity contribution in [2.24, 2.45) is 5.92 Å². The van der Waals surface area contributed by atoms with E-state index in [9.17, 15) is 4.79 Å². The lowest BCUT2D eigenvalue weighted by Gasteiger charge is -2.40. The molecule has 0 bridgehead atoms. The lowest BCUT2D eigenvalue weighted by atomic mass is 9.90. The highest BCUT2D eigenvalue weighted by Gasteiger charge is 2.33. The van der Waals surface area contributed by atoms with E-state index in [2.05, 4.69) is 27.4 Å². The van der Waals surface area contributed by atoms with Gasteiger partial charge in [-0.25, -0.2) is 0 Å². The van der Waals surface area contributed by atoms with Gasteiger partial charge < -0.3 is 14.6 Å². The number of carbonyl (C=O) groups is 1. The average Bonchev–Trinajstić information content (AvgIpc) is 3.47. The molecule has 5 rings (SSSR count). The van der Waals surface area contributed by atoms with Crippen LogP contribution in [0.5, 0.6) is 0 Å². The molecule has 1 saturated heterocycles. The van der Waals surface area contributed by atoms with Crippen LogP contribution in [0.4, 0.5) is 6.01 Å². The maximum atomic E-state index is 13.8. The first-order chi connectivity index (χ1) is 16.0. The van der Waals surface area contributed by atoms with Crippen molar-refractivity contribution in [2.75, 3.05) is 18.4 Å². The number of carbonyl (C=O) groups excluding carboxylic acids is 1. The normalized spacial score (nSPS) is 18.6. The van der Waals surface area contributed by atoms with Gasteiger partial charge in [-0.05, 0) is 62.4 Å². The summed E-state index contributed by atoms with van der Waals surface area (Å²) in [4.78, 5) is 21.9. The van der Waals surface area contributed by atoms with Crippen LogP contribution in [0.25, 0.3) is 16.8 Å². The summed E-state index contributed by atoms with van der Waals surface area (Å²) in [5.74, 6) is 0.343. The number of piperidine rings is 1. The van der Waals surface area contributed by atoms with E-state index in [1.165, 1.54) is 4.80 Å². The Morgan fingerprint density at radius 2 is 1.88 bits per heavy atom. The minimum Gasteiger partial charge on any atom is -0.424 e. The Balaban J connectivity index is 1.40. The van der Waals surface area contributed by atoms with Crippen LogP contribution in [0, 0.1) is 19.8 Å². The zero-order valence-corrected chi connectivity index (χ0v) is 19.2. The van der Waals surface area contributed by atoms with Gasteiger partial charge >= 0.3 is 0 Å². The van der Waals surface area contributed by atoms with Gasteiger partial charge in [-0.1, -0.05) is 24.6 Å². The first-order valence-corrected chi connectivity index (χ1v) is 11.4. The Labute approximate surface area is 192 Å². The Hall–Kier alpha value is -3.68. The number of oxazole rings is 1. The highest BCUT2D eigenvalue weighted by molar-refractivity contribution is 5.98. The number of fused-ring (bicyclic) bond motifs is 1. The third-order valence-electron chi connectivity index (χ3n) is 6.40. The fourth-order valence-corrected chi connectivity index (χ4v) is 4.61. The zero-order valence-electron chi connectivity index (χ0n) is 19.2. The molecule has 0 aliphatic carbocycles. The zero-order chi connectivity index (χ0) is 22.9. The standard InChI is InChI=1S/C25H28N6O2/c1-16-6-8-21(31-27-10-11-28-31)19(13-16)24(32)30-12-4-5-18(3)22(30)15-26-25-29-20-14-17(2)7-9-23(20)33-25/h6-11,13-14,18,22H,4-5,12,15H2,1-3H3,(H,26,29)/t18-,22-/m1/s1. The van der Waals surface area contributed by atoms with Crippen molar-refractivity contribution in [1.29, 1.82) is 0 Å². The van der Waals surface area contributed by atoms with Crippen molar-refractivity contribution in [3.63, 3.8) is 0 Å². The molecule has 8 nitrogen and oxygen atoms in total. The van der Waals surface area contributed by atoms with Gasteiger partial charge in [0.05, 0.1) is 29.7 Å². The van der Waals surface area contributed by atoms with Crippen LogP contribution < -0.4 is 5.32 Å². The van der Waals surface area contributed by atoms with E-state index in [1.807, 2.05) is 55.1 Å². The van der Waals surface area contributed by atoms with Crippen LogP contribution in [0.1, 0.15) is 41.3 Å². The number of anilines is 1. The van der Waals surface area contributed by atoms with Gasteiger partial charge in [0.25, 0.3) is 11.9 Å². The predicted octanol–water partition coefficient (Wildman–Crippen LogP) is 4.38. The Morgan fingerprint density at radius 1 is 1.12 bits per heavy atom. The summed E-state index contributed by atoms with van der Waals surface area (Å²) < 4.78 is 5.87. The molecule has 2 atom stereocenters. The van der Waals surface area contributed by atoms with Crippen LogP contribution in [-0.4, -0.2) is 49.9 Å². The number of nitrogens with zero attached hydrogens (tertiary/aromatic N) is 5. The van der Waals surface area contributed by atoms with E-state index in [0.29, 0.717) is 36.3 Å². The third-order valence-corrected chi connectivity index (χ3v) is 6.40. The SMILES string of the molecule is Cc1ccc(-n2nccn2)c(C(=O)N2CCC[C@@H](C)[C@H]2CNc2nc3cc(C)ccc3o2)c1. The Bertz CT molecular complexity index is 1280. The molecule has 1 N–H and O–H groups in total. The summed E-state index contributed by atoms with van der Waals surface area (Å²) in [6.45, 7) is 7.51. The number of amides is 1. The average molecular weight is 445 g/mol. The summed E-state index contributed by atoms with van der Waals surface area (Å²) in [7, 11) is 0. The molecule has 0 unspecified atom stereocenters. The molecule has 4 aromatic rings. The van der Waals surface area contributed by atoms with Gasteiger partial charge in [0.1, 0.15) is 5.52 Å². The summed E-state index contributed by atoms with van der Waals surface area (Å²) in [5.41, 5.74) is 5.05. The summed E-state index contributed by atoms with van der Waals surface area (Å²) >= 11 is 0. The number of rotatable bonds is 5. The van der Waals surface area contributed by atoms with Crippen molar-refractivity contribution < 1.29 is 9.21 Å². The van der Waals surface area contributed by atoms with Gasteiger partial charge in [-0.15, -0.1) is 0 Å². The number of benzene rings is 2. The van der Waals surface area contributed by atoms with Crippen molar-refractivity contribution in [2.45, 2.75) is 39.7 Å². The van der Waals surface area contributed by atoms with Crippen LogP contribution in [-0.2, 0) is 0 Å². The molecule has 170 valence electrons. The van der Waals surface area contributed by atoms with Crippen LogP contribution in [0.15, 0.2) is 53.2 Å². The minimum atomic E-state index is -0.00228. The molecule has 1 amide bonds. The fraction of sp³-hybridized carbons (Fsp3) is 0.360. The highest BCUT2D eigenvalue weighted by Crippen LogP contribution is 2.28. The number of hydrogen-bond acceptors (Lipinski definition) is 6. The van der Waals surface area contributed by atoms with Gasteiger partial charge in [0.2, 0.25) is 0 Å². The molecule has 2 aromatic heterocycles. The molecule has 0 saturated carbocycles. The first-order valence-electron chi connectivity index (χ1n) is 11.4. The maximum absolute atomic E-state index is 13.8. The van der Waals surface area contributed by atoms with Crippen LogP contribution in [0.3, 0.4) is 0 Å². The van der Waals surface area contributed by atoms with E-state index in [4.69, 9.17) is 4.42 Å². The first kappa shape index (κ1) is 21.2. The van der Waals surface area contributed by atoms with Crippen LogP contribution >= 0.6 is 0 Å². The second-order valence-corrected chi connectivity index (χ2v) is 8.90. The summed E-state index contributed by atoms with van der Waals surface area (Å²) in [6.07, 6.45) is 5.29. The van der Waals surface area contributed by atoms with Crippen LogP contribution in [0.2, 0.25) is 0 Å². The molecule has 3 heterocycles. The quantitative estimate of drug-likeness (QED) is 0.491. The lowest BCUT2D eigenvalue weighted by molar-refractivity contribution is 0.0539. The second-order valence-electron chi connectivity index (χ2n) is 8.90. The maximum Gasteiger partial charge on any atom is 0.295 e. The van der Waals surface area contributed by atoms with Crippen molar-refractivity contribution in [3.8, 4) is 5.69 Å². The molecule has 1 fully saturated rings. The molecular formula is C25H28N6O2. The molecule has 33 heavy (non-hydrogen) atoms. The molecule has 1 aliphatic heterocycles.